The van der Waals surface area contributed by atoms with Gasteiger partial charge in [0, 0.05) is 10.2 Å². The van der Waals surface area contributed by atoms with Crippen LogP contribution in [-0.2, 0) is 9.59 Å². The fourth-order valence-electron chi connectivity index (χ4n) is 2.54. The molecule has 1 aromatic carbocycles. The van der Waals surface area contributed by atoms with Crippen molar-refractivity contribution >= 4 is 33.4 Å². The number of nitrogens with zero attached hydrogens (tertiary/aromatic N) is 1. The highest BCUT2D eigenvalue weighted by Crippen LogP contribution is 2.35. The topological polar surface area (TPSA) is 49.4 Å². The van der Waals surface area contributed by atoms with Crippen molar-refractivity contribution in [1.29, 1.82) is 0 Å². The molecule has 3 rings (SSSR count). The molecule has 2 amide bonds. The Morgan fingerprint density at radius 2 is 2.05 bits per heavy atom. The van der Waals surface area contributed by atoms with Crippen molar-refractivity contribution in [3.63, 3.8) is 0 Å². The first-order valence-corrected chi connectivity index (χ1v) is 7.22. The minimum Gasteiger partial charge on any atom is -0.342 e. The van der Waals surface area contributed by atoms with Crippen molar-refractivity contribution < 1.29 is 9.59 Å². The number of benzene rings is 1. The van der Waals surface area contributed by atoms with Crippen LogP contribution in [0.25, 0.3) is 0 Å². The summed E-state index contributed by atoms with van der Waals surface area (Å²) in [6.07, 6.45) is 2.06. The lowest BCUT2D eigenvalue weighted by Crippen LogP contribution is -2.59. The first kappa shape index (κ1) is 12.7. The van der Waals surface area contributed by atoms with Gasteiger partial charge in [-0.2, -0.15) is 0 Å². The van der Waals surface area contributed by atoms with Gasteiger partial charge in [0.1, 0.15) is 12.6 Å². The van der Waals surface area contributed by atoms with Crippen LogP contribution in [0.2, 0.25) is 0 Å². The number of amides is 2. The molecule has 100 valence electrons. The van der Waals surface area contributed by atoms with E-state index in [2.05, 4.69) is 21.2 Å². The van der Waals surface area contributed by atoms with Crippen LogP contribution in [0.1, 0.15) is 18.4 Å². The van der Waals surface area contributed by atoms with Gasteiger partial charge in [-0.3, -0.25) is 9.59 Å². The average molecular weight is 323 g/mol. The molecular formula is C14H15BrN2O2. The molecule has 1 N–H and O–H groups in total. The summed E-state index contributed by atoms with van der Waals surface area (Å²) < 4.78 is 0.974. The number of halogens is 1. The Labute approximate surface area is 120 Å². The third-order valence-corrected chi connectivity index (χ3v) is 4.19. The van der Waals surface area contributed by atoms with Crippen LogP contribution >= 0.6 is 15.9 Å². The van der Waals surface area contributed by atoms with Gasteiger partial charge in [0.25, 0.3) is 0 Å². The molecule has 0 spiro atoms. The molecule has 19 heavy (non-hydrogen) atoms. The van der Waals surface area contributed by atoms with Crippen molar-refractivity contribution in [2.24, 2.45) is 5.92 Å². The zero-order valence-electron chi connectivity index (χ0n) is 10.6. The largest absolute Gasteiger partial charge is 0.342 e. The van der Waals surface area contributed by atoms with E-state index in [-0.39, 0.29) is 24.4 Å². The number of rotatable bonds is 2. The zero-order chi connectivity index (χ0) is 13.6. The number of hydrogen-bond donors (Lipinski definition) is 1. The molecule has 1 saturated carbocycles. The summed E-state index contributed by atoms with van der Waals surface area (Å²) >= 11 is 3.41. The summed E-state index contributed by atoms with van der Waals surface area (Å²) in [7, 11) is 0. The van der Waals surface area contributed by atoms with Gasteiger partial charge in [-0.25, -0.2) is 0 Å². The molecule has 1 aliphatic heterocycles. The lowest BCUT2D eigenvalue weighted by Gasteiger charge is -2.33. The minimum absolute atomic E-state index is 0.0209. The predicted molar refractivity (Wildman–Crippen MR) is 75.9 cm³/mol. The Kier molecular flexibility index (Phi) is 3.09. The normalized spacial score (nSPS) is 23.5. The molecule has 5 heteroatoms. The number of carbonyl (C=O) groups is 2. The van der Waals surface area contributed by atoms with E-state index in [9.17, 15) is 9.59 Å². The van der Waals surface area contributed by atoms with Gasteiger partial charge in [-0.05, 0) is 49.4 Å². The molecule has 1 saturated heterocycles. The summed E-state index contributed by atoms with van der Waals surface area (Å²) in [5.74, 6) is 0.279. The number of carbonyl (C=O) groups excluding carboxylic acids is 2. The second-order valence-corrected chi connectivity index (χ2v) is 6.15. The molecule has 0 bridgehead atoms. The molecule has 2 fully saturated rings. The van der Waals surface area contributed by atoms with Gasteiger partial charge < -0.3 is 10.2 Å². The summed E-state index contributed by atoms with van der Waals surface area (Å²) in [5, 5.41) is 2.82. The molecule has 1 heterocycles. The quantitative estimate of drug-likeness (QED) is 0.905. The summed E-state index contributed by atoms with van der Waals surface area (Å²) in [4.78, 5) is 25.9. The average Bonchev–Trinajstić information content (AvgIpc) is 3.16. The number of hydrogen-bond acceptors (Lipinski definition) is 2. The fourth-order valence-corrected chi connectivity index (χ4v) is 3.02. The monoisotopic (exact) mass is 322 g/mol. The highest BCUT2D eigenvalue weighted by molar-refractivity contribution is 9.10. The number of anilines is 1. The highest BCUT2D eigenvalue weighted by Gasteiger charge is 2.43. The third-order valence-electron chi connectivity index (χ3n) is 3.69. The molecule has 1 unspecified atom stereocenters. The Hall–Kier alpha value is -1.36. The fraction of sp³-hybridized carbons (Fsp3) is 0.429. The van der Waals surface area contributed by atoms with Crippen LogP contribution in [-0.4, -0.2) is 24.4 Å². The van der Waals surface area contributed by atoms with Gasteiger partial charge >= 0.3 is 0 Å². The molecule has 2 aliphatic rings. The van der Waals surface area contributed by atoms with E-state index in [0.717, 1.165) is 28.6 Å². The van der Waals surface area contributed by atoms with Gasteiger partial charge in [-0.15, -0.1) is 0 Å². The SMILES string of the molecule is Cc1cc(Br)ccc1N1CC(=O)NC(C2CC2)C1=O. The van der Waals surface area contributed by atoms with Gasteiger partial charge in [0.2, 0.25) is 11.8 Å². The first-order valence-electron chi connectivity index (χ1n) is 6.43. The Morgan fingerprint density at radius 3 is 2.68 bits per heavy atom. The first-order chi connectivity index (χ1) is 9.06. The molecule has 0 aromatic heterocycles. The highest BCUT2D eigenvalue weighted by atomic mass is 79.9. The maximum atomic E-state index is 12.5. The Morgan fingerprint density at radius 1 is 1.32 bits per heavy atom. The number of piperazine rings is 1. The van der Waals surface area contributed by atoms with E-state index in [4.69, 9.17) is 0 Å². The molecule has 1 aromatic rings. The lowest BCUT2D eigenvalue weighted by atomic mass is 10.1. The third kappa shape index (κ3) is 2.39. The molecule has 1 atom stereocenters. The molecule has 0 radical (unpaired) electrons. The molecule has 4 nitrogen and oxygen atoms in total. The summed E-state index contributed by atoms with van der Waals surface area (Å²) in [5.41, 5.74) is 1.82. The van der Waals surface area contributed by atoms with E-state index in [0.29, 0.717) is 5.92 Å². The number of aryl methyl sites for hydroxylation is 1. The van der Waals surface area contributed by atoms with Crippen molar-refractivity contribution in [3.8, 4) is 0 Å². The van der Waals surface area contributed by atoms with E-state index in [1.807, 2.05) is 25.1 Å². The second-order valence-electron chi connectivity index (χ2n) is 5.24. The van der Waals surface area contributed by atoms with E-state index >= 15 is 0 Å². The predicted octanol–water partition coefficient (Wildman–Crippen LogP) is 2.00. The van der Waals surface area contributed by atoms with Gasteiger partial charge in [0.05, 0.1) is 0 Å². The van der Waals surface area contributed by atoms with E-state index < -0.39 is 0 Å². The number of nitrogens with one attached hydrogen (secondary N) is 1. The minimum atomic E-state index is -0.329. The Balaban J connectivity index is 1.93. The van der Waals surface area contributed by atoms with Gasteiger partial charge in [0.15, 0.2) is 0 Å². The zero-order valence-corrected chi connectivity index (χ0v) is 12.2. The van der Waals surface area contributed by atoms with Crippen LogP contribution < -0.4 is 10.2 Å². The van der Waals surface area contributed by atoms with E-state index in [1.165, 1.54) is 0 Å². The smallest absolute Gasteiger partial charge is 0.250 e. The van der Waals surface area contributed by atoms with Crippen LogP contribution in [0.15, 0.2) is 22.7 Å². The van der Waals surface area contributed by atoms with Crippen LogP contribution in [0.5, 0.6) is 0 Å². The van der Waals surface area contributed by atoms with Crippen molar-refractivity contribution in [2.45, 2.75) is 25.8 Å². The second kappa shape index (κ2) is 4.63. The van der Waals surface area contributed by atoms with Crippen molar-refractivity contribution in [2.75, 3.05) is 11.4 Å². The standard InChI is InChI=1S/C14H15BrN2O2/c1-8-6-10(15)4-5-11(8)17-7-12(18)16-13(14(17)19)9-2-3-9/h4-6,9,13H,2-3,7H2,1H3,(H,16,18). The Bertz CT molecular complexity index is 554. The maximum Gasteiger partial charge on any atom is 0.250 e. The van der Waals surface area contributed by atoms with Gasteiger partial charge in [-0.1, -0.05) is 15.9 Å². The van der Waals surface area contributed by atoms with Crippen LogP contribution in [0.4, 0.5) is 5.69 Å². The van der Waals surface area contributed by atoms with Crippen molar-refractivity contribution in [3.05, 3.63) is 28.2 Å². The maximum absolute atomic E-state index is 12.5. The lowest BCUT2D eigenvalue weighted by molar-refractivity contribution is -0.131. The summed E-state index contributed by atoms with van der Waals surface area (Å²) in [6, 6.07) is 5.42. The summed E-state index contributed by atoms with van der Waals surface area (Å²) in [6.45, 7) is 2.07. The van der Waals surface area contributed by atoms with Crippen LogP contribution in [0, 0.1) is 12.8 Å². The molecular weight excluding hydrogens is 308 g/mol. The van der Waals surface area contributed by atoms with E-state index in [1.54, 1.807) is 4.90 Å². The molecule has 1 aliphatic carbocycles. The van der Waals surface area contributed by atoms with Crippen LogP contribution in [0.3, 0.4) is 0 Å². The van der Waals surface area contributed by atoms with Crippen molar-refractivity contribution in [1.82, 2.24) is 5.32 Å².